The molecule has 11 nitrogen and oxygen atoms in total. The van der Waals surface area contributed by atoms with Crippen LogP contribution in [0.4, 0.5) is 5.69 Å². The number of ketones is 1. The number of sulfone groups is 1. The Morgan fingerprint density at radius 1 is 1.02 bits per heavy atom. The van der Waals surface area contributed by atoms with Gasteiger partial charge in [0, 0.05) is 36.4 Å². The van der Waals surface area contributed by atoms with Crippen LogP contribution in [0.25, 0.3) is 0 Å². The Bertz CT molecular complexity index is 1690. The first kappa shape index (κ1) is 34.7. The largest absolute Gasteiger partial charge is 0.378 e. The van der Waals surface area contributed by atoms with E-state index in [2.05, 4.69) is 15.5 Å². The van der Waals surface area contributed by atoms with E-state index < -0.39 is 50.2 Å². The van der Waals surface area contributed by atoms with Crippen LogP contribution in [0.1, 0.15) is 57.4 Å². The maximum atomic E-state index is 14.4. The molecule has 2 aromatic carbocycles. The molecule has 48 heavy (non-hydrogen) atoms. The Morgan fingerprint density at radius 2 is 1.71 bits per heavy atom. The normalized spacial score (nSPS) is 22.6. The van der Waals surface area contributed by atoms with E-state index in [4.69, 9.17) is 27.9 Å². The third kappa shape index (κ3) is 7.08. The number of likely N-dealkylation sites (tertiary alicyclic amines) is 1. The summed E-state index contributed by atoms with van der Waals surface area (Å²) in [6, 6.07) is 9.42. The van der Waals surface area contributed by atoms with Gasteiger partial charge in [0.15, 0.2) is 9.84 Å². The van der Waals surface area contributed by atoms with Gasteiger partial charge in [-0.1, -0.05) is 48.7 Å². The molecule has 1 unspecified atom stereocenters. The van der Waals surface area contributed by atoms with Gasteiger partial charge in [-0.25, -0.2) is 8.42 Å². The number of carbonyl (C=O) groups excluding carboxylic acids is 4. The molecule has 2 aliphatic heterocycles. The van der Waals surface area contributed by atoms with Crippen molar-refractivity contribution in [3.05, 3.63) is 58.1 Å². The van der Waals surface area contributed by atoms with Gasteiger partial charge >= 0.3 is 0 Å². The minimum absolute atomic E-state index is 0.0364. The molecule has 0 spiro atoms. The number of nitrogens with one attached hydrogen (secondary N) is 2. The molecule has 2 saturated heterocycles. The molecule has 2 aliphatic carbocycles. The van der Waals surface area contributed by atoms with Gasteiger partial charge in [0.2, 0.25) is 17.6 Å². The lowest BCUT2D eigenvalue weighted by Crippen LogP contribution is -2.54. The second kappa shape index (κ2) is 14.0. The van der Waals surface area contributed by atoms with E-state index in [0.717, 1.165) is 24.1 Å². The summed E-state index contributed by atoms with van der Waals surface area (Å²) in [4.78, 5) is 57.4. The smallest absolute Gasteiger partial charge is 0.289 e. The molecule has 4 aliphatic rings. The van der Waals surface area contributed by atoms with E-state index in [0.29, 0.717) is 50.6 Å². The third-order valence-corrected chi connectivity index (χ3v) is 12.6. The van der Waals surface area contributed by atoms with Crippen LogP contribution in [-0.4, -0.2) is 93.0 Å². The second-order valence-electron chi connectivity index (χ2n) is 13.1. The lowest BCUT2D eigenvalue weighted by atomic mass is 9.94. The SMILES string of the molecule is CCCC(NC(=O)[C@@H]1C[C@@H](S(=O)(=O)c2ccc(N3CCOCC3)cc2Cl)CN1C(=O)C1(c2ccc(Cl)cc2)CC1)C(=O)C(=O)NC1CC1. The highest BCUT2D eigenvalue weighted by molar-refractivity contribution is 7.92. The number of carbonyl (C=O) groups is 4. The molecule has 0 bridgehead atoms. The van der Waals surface area contributed by atoms with Crippen molar-refractivity contribution < 1.29 is 32.3 Å². The van der Waals surface area contributed by atoms with Crippen LogP contribution >= 0.6 is 23.2 Å². The van der Waals surface area contributed by atoms with Gasteiger partial charge in [0.1, 0.15) is 6.04 Å². The average Bonchev–Trinajstić information content (AvgIpc) is 4.02. The van der Waals surface area contributed by atoms with Crippen LogP contribution in [0.2, 0.25) is 10.0 Å². The molecule has 2 heterocycles. The fourth-order valence-corrected chi connectivity index (χ4v) is 9.04. The molecular weight excluding hydrogens is 679 g/mol. The minimum atomic E-state index is -4.12. The second-order valence-corrected chi connectivity index (χ2v) is 16.2. The molecule has 3 atom stereocenters. The number of anilines is 1. The Balaban J connectivity index is 1.28. The summed E-state index contributed by atoms with van der Waals surface area (Å²) in [5.41, 5.74) is 0.598. The summed E-state index contributed by atoms with van der Waals surface area (Å²) in [6.07, 6.45) is 3.19. The van der Waals surface area contributed by atoms with Gasteiger partial charge in [-0.3, -0.25) is 19.2 Å². The van der Waals surface area contributed by atoms with Crippen molar-refractivity contribution >= 4 is 62.2 Å². The number of Topliss-reactive ketones (excluding diaryl/α,β-unsaturated/α-hetero) is 1. The first-order valence-corrected chi connectivity index (χ1v) is 18.8. The number of morpholine rings is 1. The van der Waals surface area contributed by atoms with Crippen molar-refractivity contribution in [2.24, 2.45) is 0 Å². The predicted molar refractivity (Wildman–Crippen MR) is 181 cm³/mol. The number of ether oxygens (including phenoxy) is 1. The van der Waals surface area contributed by atoms with E-state index in [1.54, 1.807) is 36.4 Å². The van der Waals surface area contributed by atoms with E-state index >= 15 is 0 Å². The molecule has 258 valence electrons. The predicted octanol–water partition coefficient (Wildman–Crippen LogP) is 3.44. The Morgan fingerprint density at radius 3 is 2.31 bits per heavy atom. The molecule has 0 aromatic heterocycles. The summed E-state index contributed by atoms with van der Waals surface area (Å²) >= 11 is 12.7. The molecule has 2 aromatic rings. The molecule has 3 amide bonds. The van der Waals surface area contributed by atoms with Crippen molar-refractivity contribution in [2.75, 3.05) is 37.7 Å². The van der Waals surface area contributed by atoms with Gasteiger partial charge in [-0.15, -0.1) is 0 Å². The number of rotatable bonds is 12. The van der Waals surface area contributed by atoms with Crippen LogP contribution < -0.4 is 15.5 Å². The summed E-state index contributed by atoms with van der Waals surface area (Å²) in [5.74, 6) is -2.55. The lowest BCUT2D eigenvalue weighted by Gasteiger charge is -2.29. The highest BCUT2D eigenvalue weighted by atomic mass is 35.5. The first-order valence-electron chi connectivity index (χ1n) is 16.5. The van der Waals surface area contributed by atoms with Gasteiger partial charge in [0.25, 0.3) is 5.91 Å². The first-order chi connectivity index (χ1) is 22.9. The van der Waals surface area contributed by atoms with Crippen molar-refractivity contribution in [1.29, 1.82) is 0 Å². The van der Waals surface area contributed by atoms with E-state index in [9.17, 15) is 27.6 Å². The molecule has 2 N–H and O–H groups in total. The van der Waals surface area contributed by atoms with Gasteiger partial charge in [-0.2, -0.15) is 0 Å². The average molecular weight is 720 g/mol. The van der Waals surface area contributed by atoms with Crippen molar-refractivity contribution in [2.45, 2.75) is 85.6 Å². The summed E-state index contributed by atoms with van der Waals surface area (Å²) in [6.45, 7) is 4.01. The van der Waals surface area contributed by atoms with Crippen molar-refractivity contribution in [1.82, 2.24) is 15.5 Å². The monoisotopic (exact) mass is 718 g/mol. The van der Waals surface area contributed by atoms with Gasteiger partial charge < -0.3 is 25.2 Å². The third-order valence-electron chi connectivity index (χ3n) is 9.77. The standard InChI is InChI=1S/C34H40Cl2N4O7S/c1-2-3-27(30(41)32(43)37-23-8-9-23)38-31(42)28-19-25(20-40(28)33(44)34(12-13-34)21-4-6-22(35)7-5-21)48(45,46)29-11-10-24(18-26(29)36)39-14-16-47-17-15-39/h4-7,10-11,18,23,25,27-28H,2-3,8-9,12-17,19-20H2,1H3,(H,37,43)(H,38,42)/t25-,27?,28+/m1/s1. The summed E-state index contributed by atoms with van der Waals surface area (Å²) in [5, 5.41) is 4.81. The van der Waals surface area contributed by atoms with Crippen molar-refractivity contribution in [3.63, 3.8) is 0 Å². The maximum Gasteiger partial charge on any atom is 0.289 e. The zero-order valence-corrected chi connectivity index (χ0v) is 29.1. The number of hydrogen-bond acceptors (Lipinski definition) is 8. The van der Waals surface area contributed by atoms with Gasteiger partial charge in [0.05, 0.1) is 39.8 Å². The van der Waals surface area contributed by atoms with E-state index in [-0.39, 0.29) is 41.3 Å². The fourth-order valence-electron chi connectivity index (χ4n) is 6.68. The molecule has 14 heteroatoms. The topological polar surface area (TPSA) is 142 Å². The molecule has 2 saturated carbocycles. The highest BCUT2D eigenvalue weighted by Crippen LogP contribution is 2.51. The zero-order valence-electron chi connectivity index (χ0n) is 26.8. The lowest BCUT2D eigenvalue weighted by molar-refractivity contribution is -0.143. The number of halogens is 2. The Kier molecular flexibility index (Phi) is 10.1. The highest BCUT2D eigenvalue weighted by Gasteiger charge is 2.57. The molecule has 4 fully saturated rings. The molecule has 6 rings (SSSR count). The van der Waals surface area contributed by atoms with Crippen LogP contribution in [-0.2, 0) is 39.2 Å². The maximum absolute atomic E-state index is 14.4. The van der Waals surface area contributed by atoms with Crippen LogP contribution in [0, 0.1) is 0 Å². The van der Waals surface area contributed by atoms with Crippen LogP contribution in [0.15, 0.2) is 47.4 Å². The number of nitrogens with zero attached hydrogens (tertiary/aromatic N) is 2. The quantitative estimate of drug-likeness (QED) is 0.318. The minimum Gasteiger partial charge on any atom is -0.378 e. The Labute approximate surface area is 290 Å². The van der Waals surface area contributed by atoms with E-state index in [1.165, 1.54) is 11.0 Å². The fraction of sp³-hybridized carbons (Fsp3) is 0.529. The molecular formula is C34H40Cl2N4O7S. The van der Waals surface area contributed by atoms with Crippen molar-refractivity contribution in [3.8, 4) is 0 Å². The number of benzene rings is 2. The Hall–Kier alpha value is -3.19. The number of hydrogen-bond donors (Lipinski definition) is 2. The van der Waals surface area contributed by atoms with E-state index in [1.807, 2.05) is 6.92 Å². The molecule has 0 radical (unpaired) electrons. The summed E-state index contributed by atoms with van der Waals surface area (Å²) in [7, 11) is -4.12. The summed E-state index contributed by atoms with van der Waals surface area (Å²) < 4.78 is 33.8. The van der Waals surface area contributed by atoms with Gasteiger partial charge in [-0.05, 0) is 74.4 Å². The zero-order chi connectivity index (χ0) is 34.2. The number of amides is 3. The van der Waals surface area contributed by atoms with Crippen LogP contribution in [0.5, 0.6) is 0 Å². The van der Waals surface area contributed by atoms with Crippen LogP contribution in [0.3, 0.4) is 0 Å².